The molecule has 2 fully saturated rings. The second-order valence-electron chi connectivity index (χ2n) is 4.28. The molecule has 0 aromatic carbocycles. The van der Waals surface area contributed by atoms with Crippen LogP contribution in [0.1, 0.15) is 32.6 Å². The van der Waals surface area contributed by atoms with E-state index in [1.165, 1.54) is 45.3 Å². The van der Waals surface area contributed by atoms with Crippen LogP contribution in [0.5, 0.6) is 0 Å². The molecule has 2 nitrogen and oxygen atoms in total. The molecule has 1 N–H and O–H groups in total. The Hall–Kier alpha value is 0.500. The molecule has 2 unspecified atom stereocenters. The number of hydrogen-bond donors (Lipinski definition) is 1. The summed E-state index contributed by atoms with van der Waals surface area (Å²) in [5.74, 6) is 0. The van der Waals surface area contributed by atoms with Gasteiger partial charge in [-0.1, -0.05) is 0 Å². The van der Waals surface area contributed by atoms with Crippen molar-refractivity contribution >= 4 is 24.8 Å². The first-order valence-corrected chi connectivity index (χ1v) is 5.33. The molecular formula is C10H22Cl2N2. The van der Waals surface area contributed by atoms with Gasteiger partial charge in [-0.15, -0.1) is 24.8 Å². The summed E-state index contributed by atoms with van der Waals surface area (Å²) >= 11 is 0. The van der Waals surface area contributed by atoms with Crippen LogP contribution in [0.25, 0.3) is 0 Å². The molecule has 0 amide bonds. The lowest BCUT2D eigenvalue weighted by molar-refractivity contribution is 0.179. The third-order valence-electron chi connectivity index (χ3n) is 3.25. The zero-order chi connectivity index (χ0) is 8.39. The predicted octanol–water partition coefficient (Wildman–Crippen LogP) is 2.07. The van der Waals surface area contributed by atoms with Crippen LogP contribution in [0.4, 0.5) is 0 Å². The zero-order valence-electron chi connectivity index (χ0n) is 8.87. The Bertz CT molecular complexity index is 149. The maximum Gasteiger partial charge on any atom is 0.0122 e. The Morgan fingerprint density at radius 2 is 1.79 bits per heavy atom. The lowest BCUT2D eigenvalue weighted by Gasteiger charge is -2.34. The lowest BCUT2D eigenvalue weighted by Crippen LogP contribution is -2.45. The predicted molar refractivity (Wildman–Crippen MR) is 65.8 cm³/mol. The minimum absolute atomic E-state index is 0. The monoisotopic (exact) mass is 240 g/mol. The number of piperidine rings is 1. The SMILES string of the molecule is CC1CC(N2CCCC2)CCN1.Cl.Cl. The van der Waals surface area contributed by atoms with Gasteiger partial charge < -0.3 is 10.2 Å². The molecule has 2 rings (SSSR count). The van der Waals surface area contributed by atoms with E-state index in [4.69, 9.17) is 0 Å². The molecule has 2 aliphatic rings. The average molecular weight is 241 g/mol. The molecule has 2 saturated heterocycles. The fourth-order valence-electron chi connectivity index (χ4n) is 2.54. The quantitative estimate of drug-likeness (QED) is 0.756. The highest BCUT2D eigenvalue weighted by atomic mass is 35.5. The Morgan fingerprint density at radius 3 is 2.36 bits per heavy atom. The summed E-state index contributed by atoms with van der Waals surface area (Å²) in [6.07, 6.45) is 5.58. The number of hydrogen-bond acceptors (Lipinski definition) is 2. The van der Waals surface area contributed by atoms with Crippen molar-refractivity contribution in [1.82, 2.24) is 10.2 Å². The van der Waals surface area contributed by atoms with E-state index in [0.29, 0.717) is 0 Å². The van der Waals surface area contributed by atoms with Crippen molar-refractivity contribution in [2.45, 2.75) is 44.7 Å². The Labute approximate surface area is 99.6 Å². The summed E-state index contributed by atoms with van der Waals surface area (Å²) in [4.78, 5) is 2.69. The number of nitrogens with one attached hydrogen (secondary N) is 1. The summed E-state index contributed by atoms with van der Waals surface area (Å²) in [7, 11) is 0. The minimum atomic E-state index is 0. The smallest absolute Gasteiger partial charge is 0.0122 e. The van der Waals surface area contributed by atoms with E-state index in [-0.39, 0.29) is 24.8 Å². The van der Waals surface area contributed by atoms with Gasteiger partial charge in [-0.25, -0.2) is 0 Å². The second kappa shape index (κ2) is 6.89. The first-order chi connectivity index (χ1) is 5.86. The number of nitrogens with zero attached hydrogens (tertiary/aromatic N) is 1. The number of halogens is 2. The molecule has 4 heteroatoms. The topological polar surface area (TPSA) is 15.3 Å². The van der Waals surface area contributed by atoms with E-state index < -0.39 is 0 Å². The first-order valence-electron chi connectivity index (χ1n) is 5.33. The van der Waals surface area contributed by atoms with Gasteiger partial charge in [-0.3, -0.25) is 0 Å². The van der Waals surface area contributed by atoms with Crippen LogP contribution >= 0.6 is 24.8 Å². The van der Waals surface area contributed by atoms with Crippen LogP contribution in [0.15, 0.2) is 0 Å². The van der Waals surface area contributed by atoms with Crippen LogP contribution < -0.4 is 5.32 Å². The molecule has 2 aliphatic heterocycles. The van der Waals surface area contributed by atoms with Gasteiger partial charge in [0.25, 0.3) is 0 Å². The molecule has 0 spiro atoms. The molecule has 2 atom stereocenters. The minimum Gasteiger partial charge on any atom is -0.314 e. The highest BCUT2D eigenvalue weighted by Gasteiger charge is 2.25. The summed E-state index contributed by atoms with van der Waals surface area (Å²) < 4.78 is 0. The maximum absolute atomic E-state index is 3.51. The second-order valence-corrected chi connectivity index (χ2v) is 4.28. The highest BCUT2D eigenvalue weighted by Crippen LogP contribution is 2.20. The molecule has 0 aromatic rings. The van der Waals surface area contributed by atoms with E-state index in [1.54, 1.807) is 0 Å². The van der Waals surface area contributed by atoms with Gasteiger partial charge in [0.2, 0.25) is 0 Å². The average Bonchev–Trinajstić information content (AvgIpc) is 2.56. The molecule has 0 aromatic heterocycles. The van der Waals surface area contributed by atoms with Crippen molar-refractivity contribution in [3.8, 4) is 0 Å². The van der Waals surface area contributed by atoms with Crippen molar-refractivity contribution in [3.63, 3.8) is 0 Å². The van der Waals surface area contributed by atoms with Crippen molar-refractivity contribution in [1.29, 1.82) is 0 Å². The van der Waals surface area contributed by atoms with Crippen molar-refractivity contribution in [2.24, 2.45) is 0 Å². The molecule has 0 bridgehead atoms. The summed E-state index contributed by atoms with van der Waals surface area (Å²) in [5, 5.41) is 3.51. The maximum atomic E-state index is 3.51. The fourth-order valence-corrected chi connectivity index (χ4v) is 2.54. The summed E-state index contributed by atoms with van der Waals surface area (Å²) in [6.45, 7) is 6.25. The van der Waals surface area contributed by atoms with Gasteiger partial charge in [0.15, 0.2) is 0 Å². The number of rotatable bonds is 1. The van der Waals surface area contributed by atoms with Gasteiger partial charge in [0, 0.05) is 12.1 Å². The molecule has 2 heterocycles. The van der Waals surface area contributed by atoms with E-state index in [2.05, 4.69) is 17.1 Å². The third-order valence-corrected chi connectivity index (χ3v) is 3.25. The van der Waals surface area contributed by atoms with Crippen LogP contribution in [0, 0.1) is 0 Å². The largest absolute Gasteiger partial charge is 0.314 e. The van der Waals surface area contributed by atoms with Gasteiger partial charge >= 0.3 is 0 Å². The van der Waals surface area contributed by atoms with Gasteiger partial charge in [0.1, 0.15) is 0 Å². The van der Waals surface area contributed by atoms with Crippen molar-refractivity contribution in [2.75, 3.05) is 19.6 Å². The van der Waals surface area contributed by atoms with Crippen LogP contribution in [-0.4, -0.2) is 36.6 Å². The van der Waals surface area contributed by atoms with Gasteiger partial charge in [0.05, 0.1) is 0 Å². The van der Waals surface area contributed by atoms with E-state index in [9.17, 15) is 0 Å². The molecule has 86 valence electrons. The van der Waals surface area contributed by atoms with Gasteiger partial charge in [-0.05, 0) is 52.2 Å². The van der Waals surface area contributed by atoms with Crippen molar-refractivity contribution in [3.05, 3.63) is 0 Å². The Kier molecular flexibility index (Phi) is 7.13. The van der Waals surface area contributed by atoms with E-state index >= 15 is 0 Å². The van der Waals surface area contributed by atoms with Crippen LogP contribution in [0.3, 0.4) is 0 Å². The molecule has 0 saturated carbocycles. The summed E-state index contributed by atoms with van der Waals surface area (Å²) in [6, 6.07) is 1.63. The highest BCUT2D eigenvalue weighted by molar-refractivity contribution is 5.85. The standard InChI is InChI=1S/C10H20N2.2ClH/c1-9-8-10(4-5-11-9)12-6-2-3-7-12;;/h9-11H,2-8H2,1H3;2*1H. The van der Waals surface area contributed by atoms with Gasteiger partial charge in [-0.2, -0.15) is 0 Å². The lowest BCUT2D eigenvalue weighted by atomic mass is 9.99. The third kappa shape index (κ3) is 3.58. The zero-order valence-corrected chi connectivity index (χ0v) is 10.5. The van der Waals surface area contributed by atoms with E-state index in [0.717, 1.165) is 12.1 Å². The Morgan fingerprint density at radius 1 is 1.14 bits per heavy atom. The Balaban J connectivity index is 0.000000845. The fraction of sp³-hybridized carbons (Fsp3) is 1.00. The van der Waals surface area contributed by atoms with Crippen LogP contribution in [-0.2, 0) is 0 Å². The first kappa shape index (κ1) is 14.5. The van der Waals surface area contributed by atoms with Crippen LogP contribution in [0.2, 0.25) is 0 Å². The molecule has 0 radical (unpaired) electrons. The number of likely N-dealkylation sites (tertiary alicyclic amines) is 1. The van der Waals surface area contributed by atoms with E-state index in [1.807, 2.05) is 0 Å². The molecule has 0 aliphatic carbocycles. The molecular weight excluding hydrogens is 219 g/mol. The van der Waals surface area contributed by atoms with Crippen molar-refractivity contribution < 1.29 is 0 Å². The molecule has 14 heavy (non-hydrogen) atoms. The summed E-state index contributed by atoms with van der Waals surface area (Å²) in [5.41, 5.74) is 0. The normalized spacial score (nSPS) is 33.2.